The van der Waals surface area contributed by atoms with Crippen molar-refractivity contribution in [2.75, 3.05) is 12.9 Å². The molecule has 0 fully saturated rings. The van der Waals surface area contributed by atoms with Crippen LogP contribution in [0.3, 0.4) is 0 Å². The standard InChI is InChI=1S/C17H20N2O5S/c1-4-11-15(17(21)19-18-11)16(20)10-5-6-13-14(9(10)2)12(24-3)7-8-25(13,22)23/h5-6,12H,4,7-8H2,1-3H3,(H2,18,19,21). The normalized spacial score (nSPS) is 18.8. The average molecular weight is 364 g/mol. The fourth-order valence-electron chi connectivity index (χ4n) is 3.37. The van der Waals surface area contributed by atoms with Gasteiger partial charge in [-0.05, 0) is 37.5 Å². The minimum Gasteiger partial charge on any atom is -0.493 e. The number of aryl methyl sites for hydroxylation is 1. The van der Waals surface area contributed by atoms with E-state index in [-0.39, 0.29) is 34.0 Å². The third-order valence-corrected chi connectivity index (χ3v) is 6.49. The molecule has 0 amide bonds. The predicted octanol–water partition coefficient (Wildman–Crippen LogP) is 2.08. The van der Waals surface area contributed by atoms with Crippen LogP contribution in [0.5, 0.6) is 5.88 Å². The van der Waals surface area contributed by atoms with Gasteiger partial charge in [-0.2, -0.15) is 5.10 Å². The highest BCUT2D eigenvalue weighted by Crippen LogP contribution is 2.38. The zero-order valence-corrected chi connectivity index (χ0v) is 15.1. The molecule has 25 heavy (non-hydrogen) atoms. The Bertz CT molecular complexity index is 946. The predicted molar refractivity (Wildman–Crippen MR) is 90.7 cm³/mol. The Morgan fingerprint density at radius 2 is 2.16 bits per heavy atom. The van der Waals surface area contributed by atoms with Gasteiger partial charge in [-0.15, -0.1) is 0 Å². The average Bonchev–Trinajstić information content (AvgIpc) is 2.95. The molecule has 7 nitrogen and oxygen atoms in total. The number of nitrogens with zero attached hydrogens (tertiary/aromatic N) is 1. The number of ether oxygens (including phenoxy) is 1. The van der Waals surface area contributed by atoms with Crippen molar-refractivity contribution in [3.8, 4) is 5.88 Å². The molecule has 0 saturated heterocycles. The van der Waals surface area contributed by atoms with Gasteiger partial charge in [-0.25, -0.2) is 13.5 Å². The molecule has 1 unspecified atom stereocenters. The van der Waals surface area contributed by atoms with Crippen molar-refractivity contribution in [2.45, 2.75) is 37.7 Å². The van der Waals surface area contributed by atoms with Crippen LogP contribution in [0.25, 0.3) is 0 Å². The van der Waals surface area contributed by atoms with Gasteiger partial charge < -0.3 is 9.84 Å². The highest BCUT2D eigenvalue weighted by molar-refractivity contribution is 7.91. The van der Waals surface area contributed by atoms with Crippen LogP contribution in [0, 0.1) is 6.92 Å². The molecule has 1 aliphatic rings. The third-order valence-electron chi connectivity index (χ3n) is 4.69. The molecule has 0 bridgehead atoms. The monoisotopic (exact) mass is 364 g/mol. The lowest BCUT2D eigenvalue weighted by Crippen LogP contribution is -2.23. The number of hydrogen-bond donors (Lipinski definition) is 2. The van der Waals surface area contributed by atoms with Crippen LogP contribution < -0.4 is 0 Å². The van der Waals surface area contributed by atoms with Gasteiger partial charge in [0.2, 0.25) is 11.7 Å². The number of hydrogen-bond acceptors (Lipinski definition) is 6. The van der Waals surface area contributed by atoms with E-state index in [4.69, 9.17) is 4.74 Å². The van der Waals surface area contributed by atoms with Crippen molar-refractivity contribution in [1.29, 1.82) is 0 Å². The van der Waals surface area contributed by atoms with Gasteiger partial charge in [0.25, 0.3) is 0 Å². The number of sulfone groups is 1. The number of nitrogens with one attached hydrogen (secondary N) is 1. The maximum absolute atomic E-state index is 13.0. The maximum atomic E-state index is 13.0. The van der Waals surface area contributed by atoms with E-state index in [2.05, 4.69) is 10.2 Å². The summed E-state index contributed by atoms with van der Waals surface area (Å²) in [6.45, 7) is 3.54. The summed E-state index contributed by atoms with van der Waals surface area (Å²) in [5.41, 5.74) is 2.01. The topological polar surface area (TPSA) is 109 Å². The summed E-state index contributed by atoms with van der Waals surface area (Å²) < 4.78 is 30.2. The van der Waals surface area contributed by atoms with Crippen LogP contribution in [-0.2, 0) is 21.0 Å². The Labute approximate surface area is 145 Å². The molecule has 3 rings (SSSR count). The van der Waals surface area contributed by atoms with Crippen LogP contribution in [0.4, 0.5) is 0 Å². The Morgan fingerprint density at radius 3 is 2.80 bits per heavy atom. The van der Waals surface area contributed by atoms with Gasteiger partial charge in [0.05, 0.1) is 22.4 Å². The molecular formula is C17H20N2O5S. The summed E-state index contributed by atoms with van der Waals surface area (Å²) in [6, 6.07) is 2.96. The minimum absolute atomic E-state index is 0.0216. The highest BCUT2D eigenvalue weighted by atomic mass is 32.2. The fourth-order valence-corrected chi connectivity index (χ4v) is 5.01. The number of methoxy groups -OCH3 is 1. The van der Waals surface area contributed by atoms with Crippen LogP contribution in [0.1, 0.15) is 52.2 Å². The van der Waals surface area contributed by atoms with E-state index in [1.807, 2.05) is 6.92 Å². The molecule has 8 heteroatoms. The number of benzene rings is 1. The number of aromatic nitrogens is 2. The first-order chi connectivity index (χ1) is 11.8. The van der Waals surface area contributed by atoms with Crippen LogP contribution >= 0.6 is 0 Å². The van der Waals surface area contributed by atoms with Crippen molar-refractivity contribution < 1.29 is 23.1 Å². The Balaban J connectivity index is 2.20. The first-order valence-electron chi connectivity index (χ1n) is 8.01. The molecule has 1 aliphatic heterocycles. The number of aromatic amines is 1. The zero-order chi connectivity index (χ0) is 18.4. The molecule has 0 saturated carbocycles. The van der Waals surface area contributed by atoms with Gasteiger partial charge in [0.1, 0.15) is 5.56 Å². The molecule has 1 aromatic heterocycles. The summed E-state index contributed by atoms with van der Waals surface area (Å²) in [4.78, 5) is 13.2. The number of fused-ring (bicyclic) bond motifs is 1. The SMILES string of the molecule is CCc1n[nH]c(O)c1C(=O)c1ccc2c(c1C)C(OC)CCS2(=O)=O. The minimum atomic E-state index is -3.38. The van der Waals surface area contributed by atoms with E-state index in [1.165, 1.54) is 19.2 Å². The van der Waals surface area contributed by atoms with Crippen molar-refractivity contribution in [3.05, 3.63) is 40.1 Å². The molecule has 1 aromatic carbocycles. The Hall–Kier alpha value is -2.19. The van der Waals surface area contributed by atoms with E-state index in [1.54, 1.807) is 6.92 Å². The summed E-state index contributed by atoms with van der Waals surface area (Å²) in [6.07, 6.45) is 0.452. The molecule has 2 N–H and O–H groups in total. The second-order valence-electron chi connectivity index (χ2n) is 6.06. The Morgan fingerprint density at radius 1 is 1.44 bits per heavy atom. The van der Waals surface area contributed by atoms with Crippen molar-refractivity contribution in [3.63, 3.8) is 0 Å². The molecule has 0 aliphatic carbocycles. The summed E-state index contributed by atoms with van der Waals surface area (Å²) in [5, 5.41) is 16.3. The van der Waals surface area contributed by atoms with Crippen LogP contribution in [-0.4, -0.2) is 42.4 Å². The molecule has 134 valence electrons. The quantitative estimate of drug-likeness (QED) is 0.804. The lowest BCUT2D eigenvalue weighted by Gasteiger charge is -2.27. The lowest BCUT2D eigenvalue weighted by atomic mass is 9.92. The lowest BCUT2D eigenvalue weighted by molar-refractivity contribution is 0.0952. The van der Waals surface area contributed by atoms with Gasteiger partial charge >= 0.3 is 0 Å². The third kappa shape index (κ3) is 2.75. The largest absolute Gasteiger partial charge is 0.493 e. The first kappa shape index (κ1) is 17.6. The molecule has 1 atom stereocenters. The van der Waals surface area contributed by atoms with E-state index in [0.717, 1.165) is 0 Å². The number of carbonyl (C=O) groups excluding carboxylic acids is 1. The number of ketones is 1. The van der Waals surface area contributed by atoms with E-state index < -0.39 is 9.84 Å². The van der Waals surface area contributed by atoms with Crippen LogP contribution in [0.15, 0.2) is 17.0 Å². The number of aromatic hydroxyl groups is 1. The van der Waals surface area contributed by atoms with E-state index >= 15 is 0 Å². The van der Waals surface area contributed by atoms with Gasteiger partial charge in [0, 0.05) is 18.2 Å². The summed E-state index contributed by atoms with van der Waals surface area (Å²) >= 11 is 0. The summed E-state index contributed by atoms with van der Waals surface area (Å²) in [7, 11) is -1.86. The Kier molecular flexibility index (Phi) is 4.42. The van der Waals surface area contributed by atoms with Crippen LogP contribution in [0.2, 0.25) is 0 Å². The number of H-pyrrole nitrogens is 1. The molecule has 2 heterocycles. The second kappa shape index (κ2) is 6.27. The van der Waals surface area contributed by atoms with Crippen molar-refractivity contribution in [1.82, 2.24) is 10.2 Å². The van der Waals surface area contributed by atoms with Crippen molar-refractivity contribution >= 4 is 15.6 Å². The molecular weight excluding hydrogens is 344 g/mol. The molecule has 2 aromatic rings. The zero-order valence-electron chi connectivity index (χ0n) is 14.3. The molecule has 0 radical (unpaired) electrons. The smallest absolute Gasteiger partial charge is 0.218 e. The maximum Gasteiger partial charge on any atom is 0.218 e. The van der Waals surface area contributed by atoms with E-state index in [9.17, 15) is 18.3 Å². The fraction of sp³-hybridized carbons (Fsp3) is 0.412. The summed E-state index contributed by atoms with van der Waals surface area (Å²) in [5.74, 6) is -0.649. The number of rotatable bonds is 4. The number of carbonyl (C=O) groups is 1. The van der Waals surface area contributed by atoms with Gasteiger partial charge in [0.15, 0.2) is 9.84 Å². The molecule has 0 spiro atoms. The van der Waals surface area contributed by atoms with Gasteiger partial charge in [-0.3, -0.25) is 4.79 Å². The van der Waals surface area contributed by atoms with Gasteiger partial charge in [-0.1, -0.05) is 6.92 Å². The highest BCUT2D eigenvalue weighted by Gasteiger charge is 2.34. The van der Waals surface area contributed by atoms with E-state index in [0.29, 0.717) is 35.2 Å². The first-order valence-corrected chi connectivity index (χ1v) is 9.67. The van der Waals surface area contributed by atoms with Crippen molar-refractivity contribution in [2.24, 2.45) is 0 Å². The second-order valence-corrected chi connectivity index (χ2v) is 8.14.